The van der Waals surface area contributed by atoms with Crippen molar-refractivity contribution in [2.75, 3.05) is 26.2 Å². The van der Waals surface area contributed by atoms with Crippen LogP contribution in [0, 0.1) is 0 Å². The van der Waals surface area contributed by atoms with Gasteiger partial charge in [-0.05, 0) is 36.8 Å². The van der Waals surface area contributed by atoms with Crippen molar-refractivity contribution in [3.05, 3.63) is 49.1 Å². The van der Waals surface area contributed by atoms with Crippen LogP contribution in [0.1, 0.15) is 38.5 Å². The van der Waals surface area contributed by atoms with Crippen LogP contribution in [-0.2, 0) is 22.7 Å². The average Bonchev–Trinajstić information content (AvgIpc) is 2.81. The maximum absolute atomic E-state index is 12.3. The lowest BCUT2D eigenvalue weighted by Crippen LogP contribution is -3.00. The molecular weight excluding hydrogens is 475 g/mol. The van der Waals surface area contributed by atoms with E-state index in [-0.39, 0.29) is 36.6 Å². The minimum Gasteiger partial charge on any atom is -1.00 e. The molecule has 2 aliphatic rings. The van der Waals surface area contributed by atoms with E-state index in [1.165, 1.54) is 12.8 Å². The third-order valence-electron chi connectivity index (χ3n) is 6.05. The first kappa shape index (κ1) is 28.0. The number of hydrogen-bond donors (Lipinski definition) is 2. The molecule has 0 spiro atoms. The molecule has 0 saturated carbocycles. The van der Waals surface area contributed by atoms with E-state index < -0.39 is 0 Å². The summed E-state index contributed by atoms with van der Waals surface area (Å²) in [5.41, 5.74) is 8.14. The van der Waals surface area contributed by atoms with Crippen LogP contribution in [0.15, 0.2) is 49.1 Å². The second-order valence-corrected chi connectivity index (χ2v) is 8.68. The van der Waals surface area contributed by atoms with Crippen molar-refractivity contribution in [3.8, 4) is 11.1 Å². The van der Waals surface area contributed by atoms with Gasteiger partial charge in [-0.1, -0.05) is 12.8 Å². The van der Waals surface area contributed by atoms with E-state index in [1.807, 2.05) is 68.2 Å². The van der Waals surface area contributed by atoms with Gasteiger partial charge >= 0.3 is 0 Å². The molecule has 0 radical (unpaired) electrons. The molecule has 10 heteroatoms. The van der Waals surface area contributed by atoms with Crippen molar-refractivity contribution in [3.63, 3.8) is 0 Å². The lowest BCUT2D eigenvalue weighted by molar-refractivity contribution is -0.684. The van der Waals surface area contributed by atoms with Crippen LogP contribution in [0.5, 0.6) is 0 Å². The molecule has 0 aromatic carbocycles. The Morgan fingerprint density at radius 3 is 1.26 bits per heavy atom. The second-order valence-electron chi connectivity index (χ2n) is 8.68. The summed E-state index contributed by atoms with van der Waals surface area (Å²) in [6, 6.07) is 8.04. The smallest absolute Gasteiger partial charge is 0.300 e. The third kappa shape index (κ3) is 8.51. The minimum atomic E-state index is 0. The highest BCUT2D eigenvalue weighted by Gasteiger charge is 2.17. The van der Waals surface area contributed by atoms with E-state index in [9.17, 15) is 9.59 Å². The normalized spacial score (nSPS) is 16.6. The minimum absolute atomic E-state index is 0. The lowest BCUT2D eigenvalue weighted by atomic mass is 10.1. The molecule has 0 unspecified atom stereocenters. The van der Waals surface area contributed by atoms with Crippen LogP contribution in [0.3, 0.4) is 0 Å². The van der Waals surface area contributed by atoms with Gasteiger partial charge in [0, 0.05) is 50.4 Å². The fraction of sp³-hybridized carbons (Fsp3) is 0.500. The Morgan fingerprint density at radius 1 is 0.618 bits per heavy atom. The van der Waals surface area contributed by atoms with Gasteiger partial charge < -0.3 is 24.8 Å². The van der Waals surface area contributed by atoms with E-state index in [0.29, 0.717) is 13.1 Å². The van der Waals surface area contributed by atoms with Gasteiger partial charge in [-0.2, -0.15) is 9.13 Å². The summed E-state index contributed by atoms with van der Waals surface area (Å²) in [4.78, 5) is 24.5. The fourth-order valence-electron chi connectivity index (χ4n) is 4.28. The van der Waals surface area contributed by atoms with Crippen LogP contribution in [-0.4, -0.2) is 48.0 Å². The molecule has 4 heterocycles. The summed E-state index contributed by atoms with van der Waals surface area (Å²) in [5.74, 6) is 0.0152. The van der Waals surface area contributed by atoms with E-state index in [4.69, 9.17) is 0 Å². The molecule has 0 atom stereocenters. The third-order valence-corrected chi connectivity index (χ3v) is 6.05. The Kier molecular flexibility index (Phi) is 11.7. The van der Waals surface area contributed by atoms with Gasteiger partial charge in [0.2, 0.25) is 13.1 Å². The van der Waals surface area contributed by atoms with Gasteiger partial charge in [-0.15, -0.1) is 0 Å². The standard InChI is InChI=1S/C24H32N6O2.2ClH/c31-23(25-29-11-3-1-4-12-29)19-27-15-7-21(8-16-27)22-9-17-28(18-10-22)20-24(32)26-30-13-5-2-6-14-30;;/h7-10,15-18H,1-6,11-14,19-20H2;2*1H. The number of amides is 2. The summed E-state index contributed by atoms with van der Waals surface area (Å²) < 4.78 is 3.77. The zero-order valence-corrected chi connectivity index (χ0v) is 21.0. The van der Waals surface area contributed by atoms with Crippen molar-refractivity contribution in [2.24, 2.45) is 0 Å². The van der Waals surface area contributed by atoms with Crippen molar-refractivity contribution < 1.29 is 43.5 Å². The first-order valence-electron chi connectivity index (χ1n) is 11.7. The lowest BCUT2D eigenvalue weighted by Gasteiger charge is -2.26. The molecule has 8 nitrogen and oxygen atoms in total. The van der Waals surface area contributed by atoms with Crippen molar-refractivity contribution in [1.29, 1.82) is 0 Å². The van der Waals surface area contributed by atoms with Crippen molar-refractivity contribution in [2.45, 2.75) is 51.6 Å². The van der Waals surface area contributed by atoms with Gasteiger partial charge in [-0.3, -0.25) is 20.4 Å². The Hall–Kier alpha value is -2.26. The molecule has 2 aromatic heterocycles. The van der Waals surface area contributed by atoms with Crippen LogP contribution in [0.4, 0.5) is 0 Å². The molecule has 34 heavy (non-hydrogen) atoms. The average molecular weight is 509 g/mol. The number of nitrogens with one attached hydrogen (secondary N) is 2. The number of nitrogens with zero attached hydrogens (tertiary/aromatic N) is 4. The van der Waals surface area contributed by atoms with Crippen molar-refractivity contribution in [1.82, 2.24) is 20.9 Å². The molecule has 0 bridgehead atoms. The molecule has 2 amide bonds. The monoisotopic (exact) mass is 508 g/mol. The predicted molar refractivity (Wildman–Crippen MR) is 119 cm³/mol. The van der Waals surface area contributed by atoms with Gasteiger partial charge in [0.05, 0.1) is 0 Å². The highest BCUT2D eigenvalue weighted by Crippen LogP contribution is 2.15. The van der Waals surface area contributed by atoms with Crippen LogP contribution >= 0.6 is 0 Å². The summed E-state index contributed by atoms with van der Waals surface area (Å²) in [5, 5.41) is 4.04. The Labute approximate surface area is 214 Å². The summed E-state index contributed by atoms with van der Waals surface area (Å²) in [6.45, 7) is 4.34. The largest absolute Gasteiger partial charge is 1.00 e. The highest BCUT2D eigenvalue weighted by molar-refractivity contribution is 5.74. The fourth-order valence-corrected chi connectivity index (χ4v) is 4.28. The molecule has 186 valence electrons. The summed E-state index contributed by atoms with van der Waals surface area (Å²) in [6.07, 6.45) is 14.8. The topological polar surface area (TPSA) is 72.4 Å². The number of halogens is 2. The van der Waals surface area contributed by atoms with E-state index in [0.717, 1.165) is 63.0 Å². The van der Waals surface area contributed by atoms with Crippen LogP contribution in [0.25, 0.3) is 11.1 Å². The summed E-state index contributed by atoms with van der Waals surface area (Å²) >= 11 is 0. The van der Waals surface area contributed by atoms with Crippen LogP contribution < -0.4 is 44.8 Å². The summed E-state index contributed by atoms with van der Waals surface area (Å²) in [7, 11) is 0. The Balaban J connectivity index is 0.00000204. The molecule has 2 aromatic rings. The van der Waals surface area contributed by atoms with Crippen molar-refractivity contribution >= 4 is 11.8 Å². The highest BCUT2D eigenvalue weighted by atomic mass is 35.5. The Bertz CT molecular complexity index is 823. The number of piperidine rings is 2. The zero-order chi connectivity index (χ0) is 22.2. The number of rotatable bonds is 7. The number of carbonyl (C=O) groups is 2. The first-order chi connectivity index (χ1) is 15.7. The van der Waals surface area contributed by atoms with Gasteiger partial charge in [0.15, 0.2) is 24.8 Å². The number of hydrazine groups is 2. The molecule has 2 N–H and O–H groups in total. The number of aromatic nitrogens is 2. The number of carbonyl (C=O) groups excluding carboxylic acids is 2. The Morgan fingerprint density at radius 2 is 0.941 bits per heavy atom. The van der Waals surface area contributed by atoms with Gasteiger partial charge in [0.1, 0.15) is 0 Å². The predicted octanol–water partition coefficient (Wildman–Crippen LogP) is -5.03. The molecular formula is C24H34Cl2N6O2. The SMILES string of the molecule is O=C(C[n+]1ccc(-c2cc[n+](CC(=O)NN3CCCCC3)cc2)cc1)NN1CCCCC1.[Cl-].[Cl-]. The molecule has 4 rings (SSSR count). The van der Waals surface area contributed by atoms with Gasteiger partial charge in [-0.25, -0.2) is 10.0 Å². The maximum Gasteiger partial charge on any atom is 0.300 e. The number of pyridine rings is 2. The number of hydrogen-bond acceptors (Lipinski definition) is 4. The molecule has 2 aliphatic heterocycles. The van der Waals surface area contributed by atoms with E-state index in [1.54, 1.807) is 0 Å². The zero-order valence-electron chi connectivity index (χ0n) is 19.5. The quantitative estimate of drug-likeness (QED) is 0.367. The van der Waals surface area contributed by atoms with E-state index >= 15 is 0 Å². The molecule has 2 saturated heterocycles. The first-order valence-corrected chi connectivity index (χ1v) is 11.7. The maximum atomic E-state index is 12.3. The molecule has 2 fully saturated rings. The molecule has 0 aliphatic carbocycles. The van der Waals surface area contributed by atoms with Crippen LogP contribution in [0.2, 0.25) is 0 Å². The van der Waals surface area contributed by atoms with E-state index in [2.05, 4.69) is 10.9 Å². The second kappa shape index (κ2) is 14.2. The van der Waals surface area contributed by atoms with Gasteiger partial charge in [0.25, 0.3) is 11.8 Å².